The first-order valence-corrected chi connectivity index (χ1v) is 7.53. The lowest BCUT2D eigenvalue weighted by molar-refractivity contribution is 0.0518. The molecule has 1 atom stereocenters. The Morgan fingerprint density at radius 3 is 2.67 bits per heavy atom. The zero-order valence-electron chi connectivity index (χ0n) is 10.3. The summed E-state index contributed by atoms with van der Waals surface area (Å²) in [4.78, 5) is 11.4. The van der Waals surface area contributed by atoms with E-state index in [-0.39, 0.29) is 37.9 Å². The summed E-state index contributed by atoms with van der Waals surface area (Å²) in [7, 11) is -3.05. The van der Waals surface area contributed by atoms with Crippen LogP contribution in [-0.4, -0.2) is 63.1 Å². The molecule has 0 aromatic heterocycles. The molecule has 18 heavy (non-hydrogen) atoms. The summed E-state index contributed by atoms with van der Waals surface area (Å²) in [6, 6.07) is 0. The molecule has 1 fully saturated rings. The molecule has 1 aliphatic heterocycles. The average molecular weight is 281 g/mol. The van der Waals surface area contributed by atoms with E-state index in [2.05, 4.69) is 5.32 Å². The van der Waals surface area contributed by atoms with Gasteiger partial charge in [-0.15, -0.1) is 0 Å². The van der Waals surface area contributed by atoms with Crippen LogP contribution >= 0.6 is 0 Å². The van der Waals surface area contributed by atoms with Crippen molar-refractivity contribution in [2.24, 2.45) is 0 Å². The van der Waals surface area contributed by atoms with Crippen LogP contribution in [0, 0.1) is 0 Å². The molecular weight excluding hydrogens is 262 g/mol. The van der Waals surface area contributed by atoms with E-state index in [4.69, 9.17) is 14.6 Å². The summed E-state index contributed by atoms with van der Waals surface area (Å²) in [5, 5.41) is 11.0. The molecule has 2 N–H and O–H groups in total. The molecule has 8 heteroatoms. The van der Waals surface area contributed by atoms with E-state index >= 15 is 0 Å². The Balaban J connectivity index is 2.24. The maximum atomic E-state index is 11.4. The van der Waals surface area contributed by atoms with Gasteiger partial charge in [-0.2, -0.15) is 0 Å². The van der Waals surface area contributed by atoms with Gasteiger partial charge in [-0.3, -0.25) is 0 Å². The highest BCUT2D eigenvalue weighted by molar-refractivity contribution is 7.91. The normalized spacial score (nSPS) is 25.9. The summed E-state index contributed by atoms with van der Waals surface area (Å²) in [5.74, 6) is 0.0273. The van der Waals surface area contributed by atoms with Crippen LogP contribution in [0.2, 0.25) is 0 Å². The van der Waals surface area contributed by atoms with Crippen LogP contribution in [0.5, 0.6) is 0 Å². The summed E-state index contributed by atoms with van der Waals surface area (Å²) in [5.41, 5.74) is -0.748. The molecule has 7 nitrogen and oxygen atoms in total. The molecule has 1 heterocycles. The Hall–Kier alpha value is -0.860. The van der Waals surface area contributed by atoms with E-state index in [1.165, 1.54) is 0 Å². The molecule has 0 aliphatic carbocycles. The Kier molecular flexibility index (Phi) is 5.36. The standard InChI is InChI=1S/C10H19NO6S/c1-10(2-7-18(14,15)8-10)11-9(13)17-6-5-16-4-3-12/h12H,2-8H2,1H3,(H,11,13). The molecule has 0 spiro atoms. The van der Waals surface area contributed by atoms with Gasteiger partial charge >= 0.3 is 6.09 Å². The second kappa shape index (κ2) is 6.35. The van der Waals surface area contributed by atoms with Gasteiger partial charge in [0.05, 0.1) is 36.9 Å². The number of hydrogen-bond donors (Lipinski definition) is 2. The molecule has 0 radical (unpaired) electrons. The third-order valence-corrected chi connectivity index (χ3v) is 4.51. The second-order valence-electron chi connectivity index (χ2n) is 4.50. The van der Waals surface area contributed by atoms with Crippen LogP contribution in [0.25, 0.3) is 0 Å². The first kappa shape index (κ1) is 15.2. The summed E-state index contributed by atoms with van der Waals surface area (Å²) in [6.45, 7) is 2.06. The first-order valence-electron chi connectivity index (χ1n) is 5.71. The molecule has 1 rings (SSSR count). The Morgan fingerprint density at radius 2 is 2.11 bits per heavy atom. The van der Waals surface area contributed by atoms with Gasteiger partial charge in [-0.1, -0.05) is 0 Å². The molecule has 1 saturated heterocycles. The van der Waals surface area contributed by atoms with Gasteiger partial charge in [0.1, 0.15) is 6.61 Å². The van der Waals surface area contributed by atoms with Crippen molar-refractivity contribution in [3.05, 3.63) is 0 Å². The van der Waals surface area contributed by atoms with E-state index in [0.29, 0.717) is 6.42 Å². The van der Waals surface area contributed by atoms with Gasteiger partial charge in [0.2, 0.25) is 0 Å². The van der Waals surface area contributed by atoms with Crippen molar-refractivity contribution >= 4 is 15.9 Å². The van der Waals surface area contributed by atoms with Crippen LogP contribution in [0.3, 0.4) is 0 Å². The number of amides is 1. The highest BCUT2D eigenvalue weighted by Crippen LogP contribution is 2.22. The summed E-state index contributed by atoms with van der Waals surface area (Å²) >= 11 is 0. The van der Waals surface area contributed by atoms with Gasteiger partial charge in [-0.25, -0.2) is 13.2 Å². The average Bonchev–Trinajstić information content (AvgIpc) is 2.52. The second-order valence-corrected chi connectivity index (χ2v) is 6.68. The smallest absolute Gasteiger partial charge is 0.407 e. The predicted molar refractivity (Wildman–Crippen MR) is 64.1 cm³/mol. The SMILES string of the molecule is CC1(NC(=O)OCCOCCO)CCS(=O)(=O)C1. The van der Waals surface area contributed by atoms with Crippen LogP contribution < -0.4 is 5.32 Å². The third kappa shape index (κ3) is 5.19. The molecule has 0 bridgehead atoms. The largest absolute Gasteiger partial charge is 0.447 e. The van der Waals surface area contributed by atoms with E-state index in [0.717, 1.165) is 0 Å². The van der Waals surface area contributed by atoms with E-state index in [1.54, 1.807) is 6.92 Å². The van der Waals surface area contributed by atoms with Crippen LogP contribution in [-0.2, 0) is 19.3 Å². The van der Waals surface area contributed by atoms with Crippen molar-refractivity contribution in [1.82, 2.24) is 5.32 Å². The van der Waals surface area contributed by atoms with Gasteiger partial charge in [0, 0.05) is 0 Å². The lowest BCUT2D eigenvalue weighted by atomic mass is 10.0. The minimum atomic E-state index is -3.05. The lowest BCUT2D eigenvalue weighted by Crippen LogP contribution is -2.47. The maximum absolute atomic E-state index is 11.4. The Labute approximate surface area is 106 Å². The topological polar surface area (TPSA) is 102 Å². The molecule has 1 aliphatic rings. The van der Waals surface area contributed by atoms with Crippen LogP contribution in [0.1, 0.15) is 13.3 Å². The number of ether oxygens (including phenoxy) is 2. The molecule has 1 unspecified atom stereocenters. The van der Waals surface area contributed by atoms with E-state index in [1.807, 2.05) is 0 Å². The number of rotatable bonds is 6. The number of hydrogen-bond acceptors (Lipinski definition) is 6. The number of aliphatic hydroxyl groups is 1. The maximum Gasteiger partial charge on any atom is 0.407 e. The van der Waals surface area contributed by atoms with Crippen LogP contribution in [0.4, 0.5) is 4.79 Å². The number of carbonyl (C=O) groups excluding carboxylic acids is 1. The number of alkyl carbamates (subject to hydrolysis) is 1. The number of aliphatic hydroxyl groups excluding tert-OH is 1. The first-order chi connectivity index (χ1) is 8.37. The molecule has 0 aromatic rings. The number of nitrogens with one attached hydrogen (secondary N) is 1. The van der Waals surface area contributed by atoms with Gasteiger partial charge < -0.3 is 19.9 Å². The Morgan fingerprint density at radius 1 is 1.39 bits per heavy atom. The van der Waals surface area contributed by atoms with E-state index in [9.17, 15) is 13.2 Å². The minimum Gasteiger partial charge on any atom is -0.447 e. The summed E-state index contributed by atoms with van der Waals surface area (Å²) < 4.78 is 32.4. The van der Waals surface area contributed by atoms with Crippen molar-refractivity contribution in [3.63, 3.8) is 0 Å². The fraction of sp³-hybridized carbons (Fsp3) is 0.900. The van der Waals surface area contributed by atoms with E-state index < -0.39 is 21.5 Å². The molecule has 1 amide bonds. The molecule has 106 valence electrons. The number of sulfone groups is 1. The van der Waals surface area contributed by atoms with Crippen molar-refractivity contribution < 1.29 is 27.8 Å². The van der Waals surface area contributed by atoms with Crippen LogP contribution in [0.15, 0.2) is 0 Å². The zero-order valence-corrected chi connectivity index (χ0v) is 11.2. The van der Waals surface area contributed by atoms with Crippen molar-refractivity contribution in [1.29, 1.82) is 0 Å². The van der Waals surface area contributed by atoms with Gasteiger partial charge in [0.15, 0.2) is 9.84 Å². The Bertz CT molecular complexity index is 382. The highest BCUT2D eigenvalue weighted by atomic mass is 32.2. The van der Waals surface area contributed by atoms with Gasteiger partial charge in [0.25, 0.3) is 0 Å². The third-order valence-electron chi connectivity index (χ3n) is 2.60. The van der Waals surface area contributed by atoms with Gasteiger partial charge in [-0.05, 0) is 13.3 Å². The predicted octanol–water partition coefficient (Wildman–Crippen LogP) is -0.701. The van der Waals surface area contributed by atoms with Crippen molar-refractivity contribution in [2.75, 3.05) is 37.9 Å². The quantitative estimate of drug-likeness (QED) is 0.624. The van der Waals surface area contributed by atoms with Crippen molar-refractivity contribution in [2.45, 2.75) is 18.9 Å². The zero-order chi connectivity index (χ0) is 13.6. The minimum absolute atomic E-state index is 0.0594. The monoisotopic (exact) mass is 281 g/mol. The number of carbonyl (C=O) groups is 1. The highest BCUT2D eigenvalue weighted by Gasteiger charge is 2.39. The fourth-order valence-corrected chi connectivity index (χ4v) is 3.84. The fourth-order valence-electron chi connectivity index (χ4n) is 1.75. The lowest BCUT2D eigenvalue weighted by Gasteiger charge is -2.23. The summed E-state index contributed by atoms with van der Waals surface area (Å²) in [6.07, 6.45) is -0.256. The molecule has 0 aromatic carbocycles. The molecular formula is C10H19NO6S. The van der Waals surface area contributed by atoms with Crippen molar-refractivity contribution in [3.8, 4) is 0 Å². The molecule has 0 saturated carbocycles.